The molecule has 1 aliphatic heterocycles. The molecule has 2 heterocycles. The van der Waals surface area contributed by atoms with Crippen LogP contribution in [0.1, 0.15) is 31.6 Å². The second-order valence-corrected chi connectivity index (χ2v) is 6.82. The van der Waals surface area contributed by atoms with Gasteiger partial charge in [-0.2, -0.15) is 4.39 Å². The molecule has 1 aromatic heterocycles. The van der Waals surface area contributed by atoms with E-state index in [0.29, 0.717) is 18.8 Å². The Labute approximate surface area is 156 Å². The molecule has 0 unspecified atom stereocenters. The maximum Gasteiger partial charge on any atom is 0.327 e. The molecule has 140 valence electrons. The fourth-order valence-electron chi connectivity index (χ4n) is 4.06. The minimum atomic E-state index is -0.784. The van der Waals surface area contributed by atoms with Crippen LogP contribution in [0.5, 0.6) is 0 Å². The highest BCUT2D eigenvalue weighted by Crippen LogP contribution is 2.35. The number of nitrogens with zero attached hydrogens (tertiary/aromatic N) is 4. The molecule has 0 N–H and O–H groups in total. The lowest BCUT2D eigenvalue weighted by molar-refractivity contribution is -0.386. The van der Waals surface area contributed by atoms with Crippen molar-refractivity contribution >= 4 is 22.4 Å². The predicted molar refractivity (Wildman–Crippen MR) is 103 cm³/mol. The second kappa shape index (κ2) is 6.98. The van der Waals surface area contributed by atoms with E-state index in [4.69, 9.17) is 4.98 Å². The molecular formula is C20H21FN4O2. The molecule has 3 aromatic rings. The molecule has 1 aliphatic rings. The van der Waals surface area contributed by atoms with Gasteiger partial charge >= 0.3 is 5.69 Å². The Balaban J connectivity index is 1.61. The summed E-state index contributed by atoms with van der Waals surface area (Å²) in [5.41, 5.74) is 2.06. The maximum atomic E-state index is 13.9. The second-order valence-electron chi connectivity index (χ2n) is 6.82. The fraction of sp³-hybridized carbons (Fsp3) is 0.350. The van der Waals surface area contributed by atoms with Crippen LogP contribution in [-0.2, 0) is 6.42 Å². The van der Waals surface area contributed by atoms with Crippen molar-refractivity contribution in [2.75, 3.05) is 18.0 Å². The summed E-state index contributed by atoms with van der Waals surface area (Å²) in [6.45, 7) is 3.39. The highest BCUT2D eigenvalue weighted by molar-refractivity contribution is 5.76. The molecule has 4 rings (SSSR count). The van der Waals surface area contributed by atoms with E-state index in [0.717, 1.165) is 42.2 Å². The van der Waals surface area contributed by atoms with E-state index in [9.17, 15) is 14.5 Å². The SMILES string of the molecule is CCc1nc2ccccc2n1C1CCN(c2cccc(F)c2[N+](=O)[O-])CC1. The molecule has 0 aliphatic carbocycles. The molecule has 0 atom stereocenters. The van der Waals surface area contributed by atoms with Crippen LogP contribution >= 0.6 is 0 Å². The molecular weight excluding hydrogens is 347 g/mol. The number of hydrogen-bond acceptors (Lipinski definition) is 4. The quantitative estimate of drug-likeness (QED) is 0.503. The summed E-state index contributed by atoms with van der Waals surface area (Å²) < 4.78 is 16.3. The molecule has 7 heteroatoms. The smallest absolute Gasteiger partial charge is 0.327 e. The van der Waals surface area contributed by atoms with Crippen LogP contribution in [0.15, 0.2) is 42.5 Å². The number of rotatable bonds is 4. The highest BCUT2D eigenvalue weighted by Gasteiger charge is 2.29. The van der Waals surface area contributed by atoms with Crippen molar-refractivity contribution in [2.24, 2.45) is 0 Å². The van der Waals surface area contributed by atoms with Crippen LogP contribution in [0.2, 0.25) is 0 Å². The van der Waals surface area contributed by atoms with Crippen LogP contribution in [0.25, 0.3) is 11.0 Å². The summed E-state index contributed by atoms with van der Waals surface area (Å²) in [6, 6.07) is 12.7. The minimum Gasteiger partial charge on any atom is -0.366 e. The van der Waals surface area contributed by atoms with Gasteiger partial charge in [0.15, 0.2) is 0 Å². The molecule has 6 nitrogen and oxygen atoms in total. The van der Waals surface area contributed by atoms with E-state index in [1.165, 1.54) is 6.07 Å². The van der Waals surface area contributed by atoms with E-state index in [1.807, 2.05) is 23.1 Å². The number of para-hydroxylation sites is 3. The Hall–Kier alpha value is -2.96. The molecule has 1 saturated heterocycles. The molecule has 1 fully saturated rings. The lowest BCUT2D eigenvalue weighted by Crippen LogP contribution is -2.35. The zero-order valence-electron chi connectivity index (χ0n) is 15.1. The number of imidazole rings is 1. The predicted octanol–water partition coefficient (Wildman–Crippen LogP) is 4.49. The van der Waals surface area contributed by atoms with Crippen LogP contribution < -0.4 is 4.90 Å². The van der Waals surface area contributed by atoms with Gasteiger partial charge in [0.05, 0.1) is 16.0 Å². The lowest BCUT2D eigenvalue weighted by Gasteiger charge is -2.34. The molecule has 0 saturated carbocycles. The van der Waals surface area contributed by atoms with Crippen LogP contribution in [0.4, 0.5) is 15.8 Å². The minimum absolute atomic E-state index is 0.288. The summed E-state index contributed by atoms with van der Waals surface area (Å²) in [5, 5.41) is 11.3. The Bertz CT molecular complexity index is 993. The van der Waals surface area contributed by atoms with Gasteiger partial charge in [0.25, 0.3) is 0 Å². The molecule has 0 bridgehead atoms. The topological polar surface area (TPSA) is 64.2 Å². The van der Waals surface area contributed by atoms with Crippen molar-refractivity contribution in [2.45, 2.75) is 32.2 Å². The third kappa shape index (κ3) is 3.03. The van der Waals surface area contributed by atoms with Crippen LogP contribution in [-0.4, -0.2) is 27.6 Å². The van der Waals surface area contributed by atoms with Gasteiger partial charge in [-0.1, -0.05) is 25.1 Å². The van der Waals surface area contributed by atoms with Gasteiger partial charge < -0.3 is 9.47 Å². The van der Waals surface area contributed by atoms with Gasteiger partial charge in [0, 0.05) is 25.6 Å². The largest absolute Gasteiger partial charge is 0.366 e. The van der Waals surface area contributed by atoms with E-state index in [2.05, 4.69) is 17.6 Å². The maximum absolute atomic E-state index is 13.9. The van der Waals surface area contributed by atoms with E-state index in [-0.39, 0.29) is 6.04 Å². The third-order valence-electron chi connectivity index (χ3n) is 5.30. The van der Waals surface area contributed by atoms with Gasteiger partial charge in [0.2, 0.25) is 5.82 Å². The number of nitro benzene ring substituents is 1. The number of aromatic nitrogens is 2. The standard InChI is InChI=1S/C20H21FN4O2/c1-2-19-22-16-7-3-4-8-17(16)24(19)14-10-12-23(13-11-14)18-9-5-6-15(21)20(18)25(26)27/h3-9,14H,2,10-13H2,1H3. The zero-order chi connectivity index (χ0) is 19.0. The van der Waals surface area contributed by atoms with Gasteiger partial charge in [-0.25, -0.2) is 4.98 Å². The average Bonchev–Trinajstić information content (AvgIpc) is 3.06. The number of hydrogen-bond donors (Lipinski definition) is 0. The third-order valence-corrected chi connectivity index (χ3v) is 5.30. The van der Waals surface area contributed by atoms with Crippen molar-refractivity contribution < 1.29 is 9.31 Å². The van der Waals surface area contributed by atoms with Crippen molar-refractivity contribution in [3.8, 4) is 0 Å². The lowest BCUT2D eigenvalue weighted by atomic mass is 10.0. The number of piperidine rings is 1. The van der Waals surface area contributed by atoms with Gasteiger partial charge in [-0.05, 0) is 37.1 Å². The van der Waals surface area contributed by atoms with Crippen molar-refractivity contribution in [3.05, 3.63) is 64.2 Å². The first-order valence-corrected chi connectivity index (χ1v) is 9.23. The summed E-state index contributed by atoms with van der Waals surface area (Å²) in [6.07, 6.45) is 2.52. The molecule has 0 spiro atoms. The van der Waals surface area contributed by atoms with E-state index < -0.39 is 16.4 Å². The van der Waals surface area contributed by atoms with Crippen LogP contribution in [0, 0.1) is 15.9 Å². The molecule has 2 aromatic carbocycles. The number of aryl methyl sites for hydroxylation is 1. The first-order chi connectivity index (χ1) is 13.1. The fourth-order valence-corrected chi connectivity index (χ4v) is 4.06. The van der Waals surface area contributed by atoms with E-state index in [1.54, 1.807) is 6.07 Å². The Kier molecular flexibility index (Phi) is 4.51. The summed E-state index contributed by atoms with van der Waals surface area (Å²) in [4.78, 5) is 17.3. The highest BCUT2D eigenvalue weighted by atomic mass is 19.1. The number of anilines is 1. The normalized spacial score (nSPS) is 15.4. The van der Waals surface area contributed by atoms with Gasteiger partial charge in [-0.15, -0.1) is 0 Å². The van der Waals surface area contributed by atoms with Crippen molar-refractivity contribution in [3.63, 3.8) is 0 Å². The zero-order valence-corrected chi connectivity index (χ0v) is 15.1. The van der Waals surface area contributed by atoms with Crippen molar-refractivity contribution in [1.82, 2.24) is 9.55 Å². The summed E-state index contributed by atoms with van der Waals surface area (Å²) in [5.74, 6) is 0.278. The number of nitro groups is 1. The average molecular weight is 368 g/mol. The Morgan fingerprint density at radius 1 is 1.19 bits per heavy atom. The van der Waals surface area contributed by atoms with Gasteiger partial charge in [0.1, 0.15) is 11.5 Å². The van der Waals surface area contributed by atoms with Crippen molar-refractivity contribution in [1.29, 1.82) is 0 Å². The van der Waals surface area contributed by atoms with Crippen LogP contribution in [0.3, 0.4) is 0 Å². The Morgan fingerprint density at radius 3 is 2.63 bits per heavy atom. The molecule has 0 radical (unpaired) electrons. The molecule has 0 amide bonds. The monoisotopic (exact) mass is 368 g/mol. The number of benzene rings is 2. The number of fused-ring (bicyclic) bond motifs is 1. The van der Waals surface area contributed by atoms with Gasteiger partial charge in [-0.3, -0.25) is 10.1 Å². The first kappa shape index (κ1) is 17.5. The Morgan fingerprint density at radius 2 is 1.93 bits per heavy atom. The molecule has 27 heavy (non-hydrogen) atoms. The van der Waals surface area contributed by atoms with E-state index >= 15 is 0 Å². The summed E-state index contributed by atoms with van der Waals surface area (Å²) >= 11 is 0. The summed E-state index contributed by atoms with van der Waals surface area (Å²) in [7, 11) is 0. The first-order valence-electron chi connectivity index (χ1n) is 9.23. The number of halogens is 1.